The van der Waals surface area contributed by atoms with Crippen molar-refractivity contribution < 1.29 is 14.2 Å². The summed E-state index contributed by atoms with van der Waals surface area (Å²) in [4.78, 5) is 0. The summed E-state index contributed by atoms with van der Waals surface area (Å²) in [6, 6.07) is 14.9. The molecule has 2 aromatic rings. The van der Waals surface area contributed by atoms with Gasteiger partial charge in [-0.25, -0.2) is 0 Å². The van der Waals surface area contributed by atoms with Crippen LogP contribution in [-0.2, 0) is 5.41 Å². The summed E-state index contributed by atoms with van der Waals surface area (Å²) >= 11 is 0. The van der Waals surface area contributed by atoms with E-state index in [2.05, 4.69) is 36.4 Å². The van der Waals surface area contributed by atoms with Gasteiger partial charge in [0.15, 0.2) is 11.5 Å². The van der Waals surface area contributed by atoms with Gasteiger partial charge in [-0.2, -0.15) is 0 Å². The third-order valence-electron chi connectivity index (χ3n) is 5.29. The van der Waals surface area contributed by atoms with Gasteiger partial charge in [0.25, 0.3) is 0 Å². The highest BCUT2D eigenvalue weighted by Gasteiger charge is 2.36. The Balaban J connectivity index is 2.08. The average Bonchev–Trinajstić information content (AvgIpc) is 2.68. The van der Waals surface area contributed by atoms with Crippen LogP contribution < -0.4 is 14.2 Å². The summed E-state index contributed by atoms with van der Waals surface area (Å²) in [6.07, 6.45) is 6.13. The average molecular weight is 326 g/mol. The van der Waals surface area contributed by atoms with Gasteiger partial charge in [-0.05, 0) is 48.2 Å². The third kappa shape index (κ3) is 2.95. The van der Waals surface area contributed by atoms with Crippen molar-refractivity contribution in [2.75, 3.05) is 21.3 Å². The lowest BCUT2D eigenvalue weighted by atomic mass is 9.65. The Morgan fingerprint density at radius 1 is 0.667 bits per heavy atom. The van der Waals surface area contributed by atoms with Gasteiger partial charge in [-0.3, -0.25) is 0 Å². The molecular formula is C21H26O3. The number of methoxy groups -OCH3 is 3. The monoisotopic (exact) mass is 326 g/mol. The first-order chi connectivity index (χ1) is 11.7. The molecule has 3 rings (SSSR count). The summed E-state index contributed by atoms with van der Waals surface area (Å²) in [5, 5.41) is 0. The second-order valence-corrected chi connectivity index (χ2v) is 6.44. The molecule has 0 saturated heterocycles. The Bertz CT molecular complexity index is 670. The van der Waals surface area contributed by atoms with E-state index in [4.69, 9.17) is 14.2 Å². The van der Waals surface area contributed by atoms with Crippen LogP contribution in [0.5, 0.6) is 17.2 Å². The highest BCUT2D eigenvalue weighted by molar-refractivity contribution is 5.49. The molecule has 0 N–H and O–H groups in total. The molecule has 3 heteroatoms. The fourth-order valence-electron chi connectivity index (χ4n) is 3.94. The van der Waals surface area contributed by atoms with Crippen molar-refractivity contribution in [3.05, 3.63) is 53.6 Å². The van der Waals surface area contributed by atoms with Gasteiger partial charge in [-0.15, -0.1) is 0 Å². The van der Waals surface area contributed by atoms with E-state index in [0.717, 1.165) is 30.1 Å². The van der Waals surface area contributed by atoms with Crippen LogP contribution in [0.15, 0.2) is 42.5 Å². The summed E-state index contributed by atoms with van der Waals surface area (Å²) < 4.78 is 16.3. The number of hydrogen-bond acceptors (Lipinski definition) is 3. The maximum Gasteiger partial charge on any atom is 0.161 e. The molecule has 1 saturated carbocycles. The first-order valence-electron chi connectivity index (χ1n) is 8.60. The second kappa shape index (κ2) is 7.16. The fraction of sp³-hybridized carbons (Fsp3) is 0.429. The molecule has 0 unspecified atom stereocenters. The van der Waals surface area contributed by atoms with Gasteiger partial charge in [0, 0.05) is 5.41 Å². The quantitative estimate of drug-likeness (QED) is 0.777. The van der Waals surface area contributed by atoms with Crippen molar-refractivity contribution in [2.45, 2.75) is 37.5 Å². The molecule has 2 aromatic carbocycles. The minimum atomic E-state index is 0.0457. The van der Waals surface area contributed by atoms with Crippen LogP contribution in [0, 0.1) is 0 Å². The van der Waals surface area contributed by atoms with E-state index in [9.17, 15) is 0 Å². The number of benzene rings is 2. The predicted molar refractivity (Wildman–Crippen MR) is 96.4 cm³/mol. The van der Waals surface area contributed by atoms with E-state index >= 15 is 0 Å². The molecule has 128 valence electrons. The van der Waals surface area contributed by atoms with Crippen LogP contribution in [0.2, 0.25) is 0 Å². The molecule has 0 bridgehead atoms. The van der Waals surface area contributed by atoms with Gasteiger partial charge < -0.3 is 14.2 Å². The molecule has 0 radical (unpaired) electrons. The minimum absolute atomic E-state index is 0.0457. The lowest BCUT2D eigenvalue weighted by molar-refractivity contribution is 0.335. The smallest absolute Gasteiger partial charge is 0.161 e. The SMILES string of the molecule is COc1ccc(C2(c3ccc(OC)c(OC)c3)CCCCC2)cc1. The van der Waals surface area contributed by atoms with E-state index in [0.29, 0.717) is 0 Å². The molecule has 0 aliphatic heterocycles. The summed E-state index contributed by atoms with van der Waals surface area (Å²) in [5.74, 6) is 2.48. The predicted octanol–water partition coefficient (Wildman–Crippen LogP) is 4.96. The van der Waals surface area contributed by atoms with Crippen molar-refractivity contribution >= 4 is 0 Å². The first-order valence-corrected chi connectivity index (χ1v) is 8.60. The largest absolute Gasteiger partial charge is 0.497 e. The lowest BCUT2D eigenvalue weighted by Gasteiger charge is -2.39. The molecular weight excluding hydrogens is 300 g/mol. The Hall–Kier alpha value is -2.16. The van der Waals surface area contributed by atoms with Gasteiger partial charge in [-0.1, -0.05) is 37.5 Å². The Morgan fingerprint density at radius 3 is 1.88 bits per heavy atom. The minimum Gasteiger partial charge on any atom is -0.497 e. The molecule has 0 aromatic heterocycles. The zero-order valence-electron chi connectivity index (χ0n) is 14.8. The first kappa shape index (κ1) is 16.7. The van der Waals surface area contributed by atoms with Crippen molar-refractivity contribution in [1.82, 2.24) is 0 Å². The van der Waals surface area contributed by atoms with Crippen molar-refractivity contribution in [3.8, 4) is 17.2 Å². The van der Waals surface area contributed by atoms with E-state index in [-0.39, 0.29) is 5.41 Å². The molecule has 3 nitrogen and oxygen atoms in total. The summed E-state index contributed by atoms with van der Waals surface area (Å²) in [7, 11) is 5.08. The molecule has 0 heterocycles. The molecule has 24 heavy (non-hydrogen) atoms. The van der Waals surface area contributed by atoms with E-state index in [1.807, 2.05) is 6.07 Å². The van der Waals surface area contributed by atoms with Crippen LogP contribution in [0.3, 0.4) is 0 Å². The highest BCUT2D eigenvalue weighted by atomic mass is 16.5. The maximum absolute atomic E-state index is 5.54. The molecule has 1 fully saturated rings. The molecule has 1 aliphatic rings. The molecule has 0 amide bonds. The van der Waals surface area contributed by atoms with Crippen LogP contribution in [0.25, 0.3) is 0 Å². The van der Waals surface area contributed by atoms with E-state index < -0.39 is 0 Å². The Labute approximate surface area is 144 Å². The molecule has 0 spiro atoms. The topological polar surface area (TPSA) is 27.7 Å². The fourth-order valence-corrected chi connectivity index (χ4v) is 3.94. The zero-order valence-corrected chi connectivity index (χ0v) is 14.8. The Kier molecular flexibility index (Phi) is 4.98. The van der Waals surface area contributed by atoms with Crippen molar-refractivity contribution in [1.29, 1.82) is 0 Å². The van der Waals surface area contributed by atoms with E-state index in [1.54, 1.807) is 21.3 Å². The van der Waals surface area contributed by atoms with Gasteiger partial charge >= 0.3 is 0 Å². The van der Waals surface area contributed by atoms with Crippen molar-refractivity contribution in [3.63, 3.8) is 0 Å². The van der Waals surface area contributed by atoms with Crippen molar-refractivity contribution in [2.24, 2.45) is 0 Å². The highest BCUT2D eigenvalue weighted by Crippen LogP contribution is 2.47. The van der Waals surface area contributed by atoms with Crippen LogP contribution in [0.1, 0.15) is 43.2 Å². The van der Waals surface area contributed by atoms with Crippen LogP contribution >= 0.6 is 0 Å². The summed E-state index contributed by atoms with van der Waals surface area (Å²) in [6.45, 7) is 0. The normalized spacial score (nSPS) is 16.5. The Morgan fingerprint density at radius 2 is 1.29 bits per heavy atom. The second-order valence-electron chi connectivity index (χ2n) is 6.44. The van der Waals surface area contributed by atoms with Gasteiger partial charge in [0.1, 0.15) is 5.75 Å². The van der Waals surface area contributed by atoms with Crippen LogP contribution in [-0.4, -0.2) is 21.3 Å². The van der Waals surface area contributed by atoms with Gasteiger partial charge in [0.2, 0.25) is 0 Å². The lowest BCUT2D eigenvalue weighted by Crippen LogP contribution is -2.30. The number of hydrogen-bond donors (Lipinski definition) is 0. The number of rotatable bonds is 5. The number of ether oxygens (including phenoxy) is 3. The standard InChI is InChI=1S/C21H26O3/c1-22-18-10-7-16(8-11-18)21(13-5-4-6-14-21)17-9-12-19(23-2)20(15-17)24-3/h7-12,15H,4-6,13-14H2,1-3H3. The molecule has 1 aliphatic carbocycles. The zero-order chi connectivity index (χ0) is 17.0. The van der Waals surface area contributed by atoms with Gasteiger partial charge in [0.05, 0.1) is 21.3 Å². The van der Waals surface area contributed by atoms with E-state index in [1.165, 1.54) is 30.4 Å². The molecule has 0 atom stereocenters. The van der Waals surface area contributed by atoms with Crippen LogP contribution in [0.4, 0.5) is 0 Å². The maximum atomic E-state index is 5.54. The third-order valence-corrected chi connectivity index (χ3v) is 5.29. The summed E-state index contributed by atoms with van der Waals surface area (Å²) in [5.41, 5.74) is 2.71.